The van der Waals surface area contributed by atoms with Crippen LogP contribution in [-0.2, 0) is 0 Å². The van der Waals surface area contributed by atoms with Crippen LogP contribution in [0.5, 0.6) is 0 Å². The average molecular weight is 344 g/mol. The van der Waals surface area contributed by atoms with Gasteiger partial charge in [-0.2, -0.15) is 5.10 Å². The Kier molecular flexibility index (Phi) is 5.62. The third-order valence-corrected chi connectivity index (χ3v) is 3.76. The van der Waals surface area contributed by atoms with Crippen molar-refractivity contribution >= 4 is 22.8 Å². The highest BCUT2D eigenvalue weighted by molar-refractivity contribution is 5.99. The molecule has 0 aliphatic rings. The van der Waals surface area contributed by atoms with Crippen LogP contribution in [0.1, 0.15) is 12.5 Å². The largest absolute Gasteiger partial charge is 0.301 e. The summed E-state index contributed by atoms with van der Waals surface area (Å²) in [7, 11) is 0. The van der Waals surface area contributed by atoms with Crippen LogP contribution in [0.15, 0.2) is 94.8 Å². The molecule has 5 nitrogen and oxygen atoms in total. The summed E-state index contributed by atoms with van der Waals surface area (Å²) in [4.78, 5) is 12.8. The fraction of sp³-hybridized carbons (Fsp3) is 0.0476. The van der Waals surface area contributed by atoms with Crippen molar-refractivity contribution in [2.45, 2.75) is 6.92 Å². The highest BCUT2D eigenvalue weighted by atomic mass is 16.1. The van der Waals surface area contributed by atoms with E-state index in [1.807, 2.05) is 72.8 Å². The Morgan fingerprint density at radius 1 is 0.731 bits per heavy atom. The number of nitrogens with zero attached hydrogens (tertiary/aromatic N) is 1. The first-order valence-corrected chi connectivity index (χ1v) is 8.30. The lowest BCUT2D eigenvalue weighted by molar-refractivity contribution is 1.31. The second-order valence-electron chi connectivity index (χ2n) is 5.67. The number of anilines is 3. The molecule has 0 heterocycles. The predicted octanol–water partition coefficient (Wildman–Crippen LogP) is 4.32. The third-order valence-electron chi connectivity index (χ3n) is 3.76. The number of benzene rings is 2. The molecule has 0 radical (unpaired) electrons. The summed E-state index contributed by atoms with van der Waals surface area (Å²) >= 11 is 0. The first kappa shape index (κ1) is 17.2. The lowest BCUT2D eigenvalue weighted by Crippen LogP contribution is -2.19. The summed E-state index contributed by atoms with van der Waals surface area (Å²) in [6, 6.07) is 26.4. The topological polar surface area (TPSA) is 65.5 Å². The molecule has 0 aromatic heterocycles. The maximum Gasteiger partial charge on any atom is 0.212 e. The summed E-state index contributed by atoms with van der Waals surface area (Å²) in [5, 5.41) is 4.33. The van der Waals surface area contributed by atoms with Gasteiger partial charge in [-0.15, -0.1) is 0 Å². The third kappa shape index (κ3) is 4.48. The summed E-state index contributed by atoms with van der Waals surface area (Å²) in [5.74, 6) is 0. The summed E-state index contributed by atoms with van der Waals surface area (Å²) in [5.41, 5.74) is 12.2. The molecule has 3 rings (SSSR count). The zero-order valence-electron chi connectivity index (χ0n) is 14.4. The molecule has 0 fully saturated rings. The maximum absolute atomic E-state index is 12.8. The number of para-hydroxylation sites is 2. The van der Waals surface area contributed by atoms with E-state index in [1.54, 1.807) is 19.1 Å². The van der Waals surface area contributed by atoms with E-state index in [-0.39, 0.29) is 5.43 Å². The Bertz CT molecular complexity index is 941. The van der Waals surface area contributed by atoms with Gasteiger partial charge >= 0.3 is 0 Å². The summed E-state index contributed by atoms with van der Waals surface area (Å²) in [6.07, 6.45) is 0. The van der Waals surface area contributed by atoms with Gasteiger partial charge < -0.3 is 5.43 Å². The molecule has 0 saturated carbocycles. The van der Waals surface area contributed by atoms with E-state index < -0.39 is 0 Å². The molecule has 0 bridgehead atoms. The SMILES string of the molecule is C/C(=N\Nc1ccccc1)c1ccccc(NNc2ccccc2)c1=O. The molecule has 130 valence electrons. The van der Waals surface area contributed by atoms with Crippen LogP contribution in [0.4, 0.5) is 17.1 Å². The zero-order valence-corrected chi connectivity index (χ0v) is 14.4. The molecule has 0 aliphatic heterocycles. The maximum atomic E-state index is 12.8. The Labute approximate surface area is 152 Å². The molecule has 3 N–H and O–H groups in total. The van der Waals surface area contributed by atoms with Gasteiger partial charge in [0.1, 0.15) is 5.69 Å². The normalized spacial score (nSPS) is 10.9. The van der Waals surface area contributed by atoms with Crippen LogP contribution in [0.25, 0.3) is 0 Å². The fourth-order valence-corrected chi connectivity index (χ4v) is 2.37. The van der Waals surface area contributed by atoms with Crippen LogP contribution in [0.3, 0.4) is 0 Å². The molecule has 0 spiro atoms. The predicted molar refractivity (Wildman–Crippen MR) is 109 cm³/mol. The van der Waals surface area contributed by atoms with Crippen LogP contribution in [0.2, 0.25) is 0 Å². The highest BCUT2D eigenvalue weighted by Gasteiger charge is 2.06. The van der Waals surface area contributed by atoms with Crippen LogP contribution < -0.4 is 21.7 Å². The summed E-state index contributed by atoms with van der Waals surface area (Å²) in [6.45, 7) is 1.81. The van der Waals surface area contributed by atoms with E-state index >= 15 is 0 Å². The van der Waals surface area contributed by atoms with Gasteiger partial charge in [-0.3, -0.25) is 15.6 Å². The van der Waals surface area contributed by atoms with Gasteiger partial charge in [-0.25, -0.2) is 0 Å². The van der Waals surface area contributed by atoms with Crippen LogP contribution in [-0.4, -0.2) is 5.71 Å². The van der Waals surface area contributed by atoms with Gasteiger partial charge in [-0.1, -0.05) is 48.5 Å². The number of nitrogens with one attached hydrogen (secondary N) is 3. The molecule has 0 aliphatic carbocycles. The standard InChI is InChI=1S/C21H20N4O/c1-16(22-23-17-10-4-2-5-11-17)19-14-8-9-15-20(21(19)26)25-24-18-12-6-3-7-13-18/h2-15,23-24H,1H3,(H,25,26)/b22-16+. The van der Waals surface area contributed by atoms with E-state index in [0.29, 0.717) is 17.0 Å². The minimum Gasteiger partial charge on any atom is -0.301 e. The second-order valence-corrected chi connectivity index (χ2v) is 5.67. The quantitative estimate of drug-likeness (QED) is 0.460. The van der Waals surface area contributed by atoms with Gasteiger partial charge in [-0.05, 0) is 43.3 Å². The first-order chi connectivity index (χ1) is 12.7. The Morgan fingerprint density at radius 3 is 2.00 bits per heavy atom. The molecule has 5 heteroatoms. The van der Waals surface area contributed by atoms with Gasteiger partial charge in [0, 0.05) is 5.56 Å². The van der Waals surface area contributed by atoms with Gasteiger partial charge in [0.15, 0.2) is 0 Å². The minimum absolute atomic E-state index is 0.130. The van der Waals surface area contributed by atoms with Crippen molar-refractivity contribution in [3.63, 3.8) is 0 Å². The van der Waals surface area contributed by atoms with Crippen molar-refractivity contribution in [1.29, 1.82) is 0 Å². The molecule has 3 aromatic carbocycles. The van der Waals surface area contributed by atoms with Gasteiger partial charge in [0.2, 0.25) is 5.43 Å². The number of hydrogen-bond acceptors (Lipinski definition) is 5. The van der Waals surface area contributed by atoms with Crippen molar-refractivity contribution < 1.29 is 0 Å². The van der Waals surface area contributed by atoms with Crippen molar-refractivity contribution in [2.75, 3.05) is 16.3 Å². The minimum atomic E-state index is -0.130. The highest BCUT2D eigenvalue weighted by Crippen LogP contribution is 2.08. The summed E-state index contributed by atoms with van der Waals surface area (Å²) < 4.78 is 0. The number of hydrazine groups is 1. The number of hydrogen-bond donors (Lipinski definition) is 3. The van der Waals surface area contributed by atoms with Gasteiger partial charge in [0.25, 0.3) is 0 Å². The molecule has 0 atom stereocenters. The molecule has 3 aromatic rings. The second kappa shape index (κ2) is 8.48. The van der Waals surface area contributed by atoms with Gasteiger partial charge in [0.05, 0.1) is 17.1 Å². The van der Waals surface area contributed by atoms with Crippen molar-refractivity contribution in [1.82, 2.24) is 0 Å². The monoisotopic (exact) mass is 344 g/mol. The van der Waals surface area contributed by atoms with E-state index in [4.69, 9.17) is 0 Å². The van der Waals surface area contributed by atoms with Crippen molar-refractivity contribution in [2.24, 2.45) is 5.10 Å². The first-order valence-electron chi connectivity index (χ1n) is 8.30. The molecule has 0 unspecified atom stereocenters. The zero-order chi connectivity index (χ0) is 18.2. The van der Waals surface area contributed by atoms with E-state index in [1.165, 1.54) is 0 Å². The Morgan fingerprint density at radius 2 is 1.31 bits per heavy atom. The number of rotatable bonds is 6. The molecule has 0 amide bonds. The molecular weight excluding hydrogens is 324 g/mol. The number of hydrazone groups is 1. The van der Waals surface area contributed by atoms with E-state index in [0.717, 1.165) is 11.4 Å². The molecule has 26 heavy (non-hydrogen) atoms. The van der Waals surface area contributed by atoms with Crippen molar-refractivity contribution in [3.8, 4) is 0 Å². The Balaban J connectivity index is 1.81. The lowest BCUT2D eigenvalue weighted by Gasteiger charge is -2.08. The van der Waals surface area contributed by atoms with Crippen LogP contribution >= 0.6 is 0 Å². The smallest absolute Gasteiger partial charge is 0.212 e. The fourth-order valence-electron chi connectivity index (χ4n) is 2.37. The lowest BCUT2D eigenvalue weighted by atomic mass is 10.2. The molecular formula is C21H20N4O. The van der Waals surface area contributed by atoms with E-state index in [9.17, 15) is 4.79 Å². The molecule has 0 saturated heterocycles. The average Bonchev–Trinajstić information content (AvgIpc) is 2.87. The van der Waals surface area contributed by atoms with E-state index in [2.05, 4.69) is 21.4 Å². The van der Waals surface area contributed by atoms with Crippen molar-refractivity contribution in [3.05, 3.63) is 101 Å². The Hall–Kier alpha value is -3.60. The van der Waals surface area contributed by atoms with Crippen LogP contribution in [0, 0.1) is 0 Å².